The summed E-state index contributed by atoms with van der Waals surface area (Å²) in [6.07, 6.45) is 1.23. The molecule has 0 aromatic carbocycles. The van der Waals surface area contributed by atoms with Crippen LogP contribution in [0.25, 0.3) is 0 Å². The Morgan fingerprint density at radius 2 is 1.86 bits per heavy atom. The lowest BCUT2D eigenvalue weighted by Crippen LogP contribution is -2.03. The molecule has 0 amide bonds. The van der Waals surface area contributed by atoms with E-state index in [2.05, 4.69) is 36.7 Å². The van der Waals surface area contributed by atoms with E-state index in [9.17, 15) is 0 Å². The van der Waals surface area contributed by atoms with Gasteiger partial charge in [0.1, 0.15) is 0 Å². The van der Waals surface area contributed by atoms with Crippen LogP contribution in [0.5, 0.6) is 0 Å². The smallest absolute Gasteiger partial charge is 0.0166 e. The van der Waals surface area contributed by atoms with E-state index in [0.29, 0.717) is 4.83 Å². The van der Waals surface area contributed by atoms with Crippen molar-refractivity contribution in [2.75, 3.05) is 0 Å². The highest BCUT2D eigenvalue weighted by Gasteiger charge is 2.03. The second-order valence-electron chi connectivity index (χ2n) is 2.17. The number of hydrogen-bond donors (Lipinski definition) is 0. The maximum Gasteiger partial charge on any atom is 0.0166 e. The summed E-state index contributed by atoms with van der Waals surface area (Å²) in [7, 11) is 0. The first kappa shape index (κ1) is 7.48. The standard InChI is InChI=1S/C6H13Br/c1-4-6(7)5(2)3/h5-6H,4H2,1-3H3/t6-/m0/s1. The Bertz CT molecular complexity index is 41.4. The fourth-order valence-electron chi connectivity index (χ4n) is 0.471. The third kappa shape index (κ3) is 3.10. The zero-order chi connectivity index (χ0) is 5.86. The lowest BCUT2D eigenvalue weighted by atomic mass is 10.1. The van der Waals surface area contributed by atoms with Crippen LogP contribution in [0, 0.1) is 5.92 Å². The molecule has 7 heavy (non-hydrogen) atoms. The minimum atomic E-state index is 0.715. The van der Waals surface area contributed by atoms with Gasteiger partial charge in [0.2, 0.25) is 0 Å². The molecule has 0 unspecified atom stereocenters. The monoisotopic (exact) mass is 164 g/mol. The van der Waals surface area contributed by atoms with Crippen molar-refractivity contribution in [3.05, 3.63) is 0 Å². The van der Waals surface area contributed by atoms with Crippen LogP contribution in [0.15, 0.2) is 0 Å². The Morgan fingerprint density at radius 1 is 1.43 bits per heavy atom. The zero-order valence-electron chi connectivity index (χ0n) is 5.24. The molecule has 0 saturated carbocycles. The zero-order valence-corrected chi connectivity index (χ0v) is 6.83. The highest BCUT2D eigenvalue weighted by atomic mass is 79.9. The number of alkyl halides is 1. The molecule has 1 heteroatoms. The summed E-state index contributed by atoms with van der Waals surface area (Å²) in [6, 6.07) is 0. The van der Waals surface area contributed by atoms with E-state index in [-0.39, 0.29) is 0 Å². The fourth-order valence-corrected chi connectivity index (χ4v) is 0.471. The first-order valence-electron chi connectivity index (χ1n) is 2.82. The highest BCUT2D eigenvalue weighted by molar-refractivity contribution is 9.09. The van der Waals surface area contributed by atoms with Gasteiger partial charge in [-0.05, 0) is 12.3 Å². The summed E-state index contributed by atoms with van der Waals surface area (Å²) < 4.78 is 0. The van der Waals surface area contributed by atoms with E-state index < -0.39 is 0 Å². The molecule has 0 aliphatic heterocycles. The molecule has 1 atom stereocenters. The lowest BCUT2D eigenvalue weighted by Gasteiger charge is -2.08. The fraction of sp³-hybridized carbons (Fsp3) is 1.00. The Hall–Kier alpha value is 0.480. The van der Waals surface area contributed by atoms with Crippen molar-refractivity contribution in [2.45, 2.75) is 32.0 Å². The molecule has 0 heterocycles. The van der Waals surface area contributed by atoms with E-state index in [1.54, 1.807) is 0 Å². The van der Waals surface area contributed by atoms with E-state index in [1.165, 1.54) is 6.42 Å². The van der Waals surface area contributed by atoms with Gasteiger partial charge in [-0.15, -0.1) is 0 Å². The summed E-state index contributed by atoms with van der Waals surface area (Å²) in [4.78, 5) is 0.715. The minimum Gasteiger partial charge on any atom is -0.0888 e. The van der Waals surface area contributed by atoms with Crippen molar-refractivity contribution in [2.24, 2.45) is 5.92 Å². The summed E-state index contributed by atoms with van der Waals surface area (Å²) in [5.74, 6) is 0.782. The highest BCUT2D eigenvalue weighted by Crippen LogP contribution is 2.14. The van der Waals surface area contributed by atoms with Gasteiger partial charge in [0.05, 0.1) is 0 Å². The third-order valence-electron chi connectivity index (χ3n) is 1.11. The molecular weight excluding hydrogens is 152 g/mol. The van der Waals surface area contributed by atoms with Crippen molar-refractivity contribution in [1.29, 1.82) is 0 Å². The van der Waals surface area contributed by atoms with Crippen LogP contribution >= 0.6 is 15.9 Å². The molecule has 0 aromatic rings. The predicted octanol–water partition coefficient (Wildman–Crippen LogP) is 2.82. The van der Waals surface area contributed by atoms with Crippen LogP contribution in [0.1, 0.15) is 27.2 Å². The Kier molecular flexibility index (Phi) is 3.72. The Labute approximate surface area is 54.4 Å². The van der Waals surface area contributed by atoms with Gasteiger partial charge < -0.3 is 0 Å². The van der Waals surface area contributed by atoms with E-state index in [4.69, 9.17) is 0 Å². The SMILES string of the molecule is CC[C@H](Br)C(C)C. The topological polar surface area (TPSA) is 0 Å². The van der Waals surface area contributed by atoms with Crippen molar-refractivity contribution in [3.63, 3.8) is 0 Å². The number of hydrogen-bond acceptors (Lipinski definition) is 0. The molecule has 0 bridgehead atoms. The van der Waals surface area contributed by atoms with Crippen molar-refractivity contribution >= 4 is 15.9 Å². The normalized spacial score (nSPS) is 15.0. The molecule has 0 fully saturated rings. The minimum absolute atomic E-state index is 0.715. The van der Waals surface area contributed by atoms with Gasteiger partial charge in [0, 0.05) is 4.83 Å². The van der Waals surface area contributed by atoms with Crippen molar-refractivity contribution in [3.8, 4) is 0 Å². The van der Waals surface area contributed by atoms with E-state index in [1.807, 2.05) is 0 Å². The Balaban J connectivity index is 3.14. The molecule has 0 spiro atoms. The van der Waals surface area contributed by atoms with Gasteiger partial charge in [-0.1, -0.05) is 36.7 Å². The van der Waals surface area contributed by atoms with Gasteiger partial charge in [0.25, 0.3) is 0 Å². The average Bonchev–Trinajstić information content (AvgIpc) is 1.65. The van der Waals surface area contributed by atoms with Crippen LogP contribution in [0.4, 0.5) is 0 Å². The molecule has 0 rings (SSSR count). The maximum absolute atomic E-state index is 3.54. The molecule has 0 N–H and O–H groups in total. The van der Waals surface area contributed by atoms with Gasteiger partial charge in [-0.2, -0.15) is 0 Å². The molecule has 0 radical (unpaired) electrons. The molecule has 0 aromatic heterocycles. The number of halogens is 1. The summed E-state index contributed by atoms with van der Waals surface area (Å²) in [5.41, 5.74) is 0. The van der Waals surface area contributed by atoms with Crippen molar-refractivity contribution < 1.29 is 0 Å². The predicted molar refractivity (Wildman–Crippen MR) is 37.8 cm³/mol. The van der Waals surface area contributed by atoms with Crippen molar-refractivity contribution in [1.82, 2.24) is 0 Å². The van der Waals surface area contributed by atoms with Crippen LogP contribution in [0.2, 0.25) is 0 Å². The van der Waals surface area contributed by atoms with Crippen LogP contribution in [-0.2, 0) is 0 Å². The average molecular weight is 165 g/mol. The first-order chi connectivity index (χ1) is 3.18. The Morgan fingerprint density at radius 3 is 1.86 bits per heavy atom. The molecule has 0 aliphatic carbocycles. The van der Waals surface area contributed by atoms with E-state index >= 15 is 0 Å². The first-order valence-corrected chi connectivity index (χ1v) is 3.74. The summed E-state index contributed by atoms with van der Waals surface area (Å²) >= 11 is 3.54. The van der Waals surface area contributed by atoms with Gasteiger partial charge in [0.15, 0.2) is 0 Å². The van der Waals surface area contributed by atoms with E-state index in [0.717, 1.165) is 5.92 Å². The summed E-state index contributed by atoms with van der Waals surface area (Å²) in [6.45, 7) is 6.64. The second-order valence-corrected chi connectivity index (χ2v) is 3.34. The summed E-state index contributed by atoms with van der Waals surface area (Å²) in [5, 5.41) is 0. The third-order valence-corrected chi connectivity index (χ3v) is 2.82. The van der Waals surface area contributed by atoms with Gasteiger partial charge in [-0.25, -0.2) is 0 Å². The number of rotatable bonds is 2. The quantitative estimate of drug-likeness (QED) is 0.552. The molecule has 0 nitrogen and oxygen atoms in total. The second kappa shape index (κ2) is 3.48. The molecule has 44 valence electrons. The van der Waals surface area contributed by atoms with Crippen LogP contribution in [0.3, 0.4) is 0 Å². The molecule has 0 saturated heterocycles. The van der Waals surface area contributed by atoms with Crippen LogP contribution in [-0.4, -0.2) is 4.83 Å². The van der Waals surface area contributed by atoms with Gasteiger partial charge >= 0.3 is 0 Å². The maximum atomic E-state index is 3.54. The van der Waals surface area contributed by atoms with Crippen LogP contribution < -0.4 is 0 Å². The lowest BCUT2D eigenvalue weighted by molar-refractivity contribution is 0.603. The largest absolute Gasteiger partial charge is 0.0888 e. The van der Waals surface area contributed by atoms with Gasteiger partial charge in [-0.3, -0.25) is 0 Å². The molecular formula is C6H13Br. The molecule has 0 aliphatic rings.